The maximum absolute atomic E-state index is 13.9. The summed E-state index contributed by atoms with van der Waals surface area (Å²) in [6.45, 7) is 7.58. The Balaban J connectivity index is 2.44. The first-order valence-corrected chi connectivity index (χ1v) is 6.12. The summed E-state index contributed by atoms with van der Waals surface area (Å²) in [6.07, 6.45) is 0. The number of hydrogen-bond donors (Lipinski definition) is 1. The van der Waals surface area contributed by atoms with Crippen molar-refractivity contribution in [1.82, 2.24) is 0 Å². The Kier molecular flexibility index (Phi) is 3.12. The predicted molar refractivity (Wildman–Crippen MR) is 71.5 cm³/mol. The number of hydrogen-bond acceptors (Lipinski definition) is 3. The van der Waals surface area contributed by atoms with Crippen LogP contribution in [0, 0.1) is 5.82 Å². The van der Waals surface area contributed by atoms with Crippen LogP contribution in [0.2, 0.25) is 5.02 Å². The molecule has 2 N–H and O–H groups in total. The lowest BCUT2D eigenvalue weighted by molar-refractivity contribution is 0.00578. The van der Waals surface area contributed by atoms with Gasteiger partial charge in [0.25, 0.3) is 0 Å². The van der Waals surface area contributed by atoms with Gasteiger partial charge < -0.3 is 15.0 Å². The van der Waals surface area contributed by atoms with Crippen LogP contribution < -0.4 is 11.2 Å². The Morgan fingerprint density at radius 3 is 2.17 bits per heavy atom. The quantitative estimate of drug-likeness (QED) is 0.630. The van der Waals surface area contributed by atoms with E-state index in [-0.39, 0.29) is 10.5 Å². The number of nitrogen functional groups attached to an aromatic ring is 1. The standard InChI is InChI=1S/C12H16BClFNO2/c1-11(2)12(3,4)18-13(17-11)9-7(15)5-6-8(16)10(9)14/h5-6H,16H2,1-4H3. The Morgan fingerprint density at radius 2 is 1.67 bits per heavy atom. The van der Waals surface area contributed by atoms with Crippen molar-refractivity contribution in [3.05, 3.63) is 23.0 Å². The number of rotatable bonds is 1. The van der Waals surface area contributed by atoms with E-state index in [0.29, 0.717) is 5.69 Å². The van der Waals surface area contributed by atoms with E-state index in [1.54, 1.807) is 0 Å². The Morgan fingerprint density at radius 1 is 1.17 bits per heavy atom. The Labute approximate surface area is 112 Å². The second kappa shape index (κ2) is 4.12. The molecule has 1 fully saturated rings. The minimum Gasteiger partial charge on any atom is -0.399 e. The van der Waals surface area contributed by atoms with Gasteiger partial charge in [-0.2, -0.15) is 0 Å². The molecule has 1 aromatic rings. The highest BCUT2D eigenvalue weighted by atomic mass is 35.5. The molecule has 6 heteroatoms. The molecule has 18 heavy (non-hydrogen) atoms. The lowest BCUT2D eigenvalue weighted by Gasteiger charge is -2.32. The summed E-state index contributed by atoms with van der Waals surface area (Å²) in [4.78, 5) is 0. The maximum atomic E-state index is 13.9. The van der Waals surface area contributed by atoms with E-state index in [4.69, 9.17) is 26.6 Å². The van der Waals surface area contributed by atoms with Crippen LogP contribution in [0.15, 0.2) is 12.1 Å². The molecular weight excluding hydrogens is 255 g/mol. The molecule has 1 aromatic carbocycles. The fraction of sp³-hybridized carbons (Fsp3) is 0.500. The molecule has 2 rings (SSSR count). The normalized spacial score (nSPS) is 21.3. The van der Waals surface area contributed by atoms with Crippen molar-refractivity contribution in [1.29, 1.82) is 0 Å². The lowest BCUT2D eigenvalue weighted by atomic mass is 9.78. The summed E-state index contributed by atoms with van der Waals surface area (Å²) < 4.78 is 25.4. The highest BCUT2D eigenvalue weighted by Gasteiger charge is 2.53. The molecule has 0 amide bonds. The largest absolute Gasteiger partial charge is 0.499 e. The smallest absolute Gasteiger partial charge is 0.399 e. The second-order valence-electron chi connectivity index (χ2n) is 5.45. The van der Waals surface area contributed by atoms with Crippen LogP contribution in [0.4, 0.5) is 10.1 Å². The molecule has 98 valence electrons. The summed E-state index contributed by atoms with van der Waals surface area (Å²) in [5.74, 6) is -0.479. The highest BCUT2D eigenvalue weighted by molar-refractivity contribution is 6.66. The van der Waals surface area contributed by atoms with Gasteiger partial charge in [0.15, 0.2) is 0 Å². The van der Waals surface area contributed by atoms with Gasteiger partial charge in [0.05, 0.1) is 21.9 Å². The van der Waals surface area contributed by atoms with Crippen molar-refractivity contribution in [2.24, 2.45) is 0 Å². The highest BCUT2D eigenvalue weighted by Crippen LogP contribution is 2.37. The summed E-state index contributed by atoms with van der Waals surface area (Å²) in [5.41, 5.74) is 5.07. The van der Waals surface area contributed by atoms with E-state index in [0.717, 1.165) is 0 Å². The molecule has 1 heterocycles. The average Bonchev–Trinajstić information content (AvgIpc) is 2.43. The number of nitrogens with two attached hydrogens (primary N) is 1. The first kappa shape index (κ1) is 13.7. The minimum absolute atomic E-state index is 0.147. The van der Waals surface area contributed by atoms with E-state index in [1.807, 2.05) is 27.7 Å². The van der Waals surface area contributed by atoms with Crippen molar-refractivity contribution < 1.29 is 13.7 Å². The van der Waals surface area contributed by atoms with E-state index < -0.39 is 24.1 Å². The number of anilines is 1. The zero-order chi connectivity index (χ0) is 13.7. The van der Waals surface area contributed by atoms with Crippen LogP contribution in [0.3, 0.4) is 0 Å². The molecule has 3 nitrogen and oxygen atoms in total. The van der Waals surface area contributed by atoms with Crippen molar-refractivity contribution >= 4 is 29.9 Å². The van der Waals surface area contributed by atoms with Crippen LogP contribution in [-0.2, 0) is 9.31 Å². The number of benzene rings is 1. The van der Waals surface area contributed by atoms with Crippen LogP contribution in [0.25, 0.3) is 0 Å². The van der Waals surface area contributed by atoms with E-state index in [1.165, 1.54) is 12.1 Å². The van der Waals surface area contributed by atoms with Gasteiger partial charge in [0.2, 0.25) is 0 Å². The molecule has 0 saturated carbocycles. The van der Waals surface area contributed by atoms with Gasteiger partial charge in [0.1, 0.15) is 5.82 Å². The Bertz CT molecular complexity index is 477. The molecule has 1 aliphatic rings. The van der Waals surface area contributed by atoms with E-state index in [2.05, 4.69) is 0 Å². The molecule has 1 aliphatic heterocycles. The van der Waals surface area contributed by atoms with Gasteiger partial charge in [-0.25, -0.2) is 4.39 Å². The van der Waals surface area contributed by atoms with E-state index >= 15 is 0 Å². The van der Waals surface area contributed by atoms with Gasteiger partial charge in [-0.1, -0.05) is 11.6 Å². The maximum Gasteiger partial charge on any atom is 0.499 e. The van der Waals surface area contributed by atoms with Crippen LogP contribution in [0.1, 0.15) is 27.7 Å². The molecule has 0 aromatic heterocycles. The molecule has 0 radical (unpaired) electrons. The second-order valence-corrected chi connectivity index (χ2v) is 5.83. The molecule has 0 atom stereocenters. The SMILES string of the molecule is CC1(C)OB(c2c(F)ccc(N)c2Cl)OC1(C)C. The monoisotopic (exact) mass is 271 g/mol. The molecule has 0 bridgehead atoms. The van der Waals surface area contributed by atoms with Crippen LogP contribution >= 0.6 is 11.6 Å². The van der Waals surface area contributed by atoms with Gasteiger partial charge >= 0.3 is 7.12 Å². The minimum atomic E-state index is -0.842. The summed E-state index contributed by atoms with van der Waals surface area (Å²) >= 11 is 6.04. The number of halogens is 2. The van der Waals surface area contributed by atoms with Crippen molar-refractivity contribution in [3.63, 3.8) is 0 Å². The zero-order valence-electron chi connectivity index (χ0n) is 10.9. The fourth-order valence-corrected chi connectivity index (χ4v) is 2.01. The summed E-state index contributed by atoms with van der Waals surface area (Å²) in [5, 5.41) is 0.147. The fourth-order valence-electron chi connectivity index (χ4n) is 1.76. The predicted octanol–water partition coefficient (Wildman–Crippen LogP) is 2.36. The molecule has 0 aliphatic carbocycles. The topological polar surface area (TPSA) is 44.5 Å². The van der Waals surface area contributed by atoms with Crippen molar-refractivity contribution in [3.8, 4) is 0 Å². The first-order chi connectivity index (χ1) is 8.16. The third-order valence-corrected chi connectivity index (χ3v) is 4.07. The van der Waals surface area contributed by atoms with Crippen molar-refractivity contribution in [2.45, 2.75) is 38.9 Å². The molecule has 0 unspecified atom stereocenters. The van der Waals surface area contributed by atoms with Crippen molar-refractivity contribution in [2.75, 3.05) is 5.73 Å². The van der Waals surface area contributed by atoms with Gasteiger partial charge in [-0.3, -0.25) is 0 Å². The third kappa shape index (κ3) is 2.00. The summed E-state index contributed by atoms with van der Waals surface area (Å²) in [6, 6.07) is 2.69. The molecule has 0 spiro atoms. The zero-order valence-corrected chi connectivity index (χ0v) is 11.6. The molecular formula is C12H16BClFNO2. The van der Waals surface area contributed by atoms with E-state index in [9.17, 15) is 4.39 Å². The average molecular weight is 272 g/mol. The van der Waals surface area contributed by atoms with Gasteiger partial charge in [-0.15, -0.1) is 0 Å². The Hall–Kier alpha value is -0.775. The summed E-state index contributed by atoms with van der Waals surface area (Å²) in [7, 11) is -0.842. The molecule has 1 saturated heterocycles. The first-order valence-electron chi connectivity index (χ1n) is 5.75. The lowest BCUT2D eigenvalue weighted by Crippen LogP contribution is -2.41. The van der Waals surface area contributed by atoms with Crippen LogP contribution in [-0.4, -0.2) is 18.3 Å². The van der Waals surface area contributed by atoms with Crippen LogP contribution in [0.5, 0.6) is 0 Å². The third-order valence-electron chi connectivity index (χ3n) is 3.65. The van der Waals surface area contributed by atoms with Gasteiger partial charge in [-0.05, 0) is 39.8 Å². The van der Waals surface area contributed by atoms with Gasteiger partial charge in [0, 0.05) is 5.46 Å².